The third kappa shape index (κ3) is 7.28. The predicted molar refractivity (Wildman–Crippen MR) is 201 cm³/mol. The van der Waals surface area contributed by atoms with Crippen LogP contribution in [0.3, 0.4) is 0 Å². The van der Waals surface area contributed by atoms with E-state index in [0.717, 1.165) is 26.7 Å². The van der Waals surface area contributed by atoms with Crippen LogP contribution in [0.2, 0.25) is 0 Å². The van der Waals surface area contributed by atoms with Crippen LogP contribution >= 0.6 is 43.2 Å². The lowest BCUT2D eigenvalue weighted by Crippen LogP contribution is -2.40. The van der Waals surface area contributed by atoms with Crippen LogP contribution in [0.1, 0.15) is 60.5 Å². The van der Waals surface area contributed by atoms with Crippen LogP contribution < -0.4 is 19.6 Å². The number of nitrogens with zero attached hydrogens (tertiary/aromatic N) is 3. The van der Waals surface area contributed by atoms with Crippen molar-refractivity contribution in [2.24, 2.45) is 4.99 Å². The minimum absolute atomic E-state index is 0.00894. The number of benzene rings is 4. The number of esters is 1. The minimum Gasteiger partial charge on any atom is -0.487 e. The fourth-order valence-corrected chi connectivity index (χ4v) is 8.03. The lowest BCUT2D eigenvalue weighted by atomic mass is 9.91. The lowest BCUT2D eigenvalue weighted by Gasteiger charge is -2.26. The van der Waals surface area contributed by atoms with Gasteiger partial charge in [-0.2, -0.15) is 0 Å². The zero-order chi connectivity index (χ0) is 35.5. The molecule has 0 saturated heterocycles. The molecule has 0 amide bonds. The lowest BCUT2D eigenvalue weighted by molar-refractivity contribution is -0.384. The normalized spacial score (nSPS) is 14.4. The molecule has 6 rings (SSSR count). The monoisotopic (exact) mass is 815 g/mol. The van der Waals surface area contributed by atoms with Gasteiger partial charge in [0.1, 0.15) is 12.4 Å². The van der Waals surface area contributed by atoms with E-state index in [2.05, 4.69) is 45.7 Å². The molecule has 0 spiro atoms. The summed E-state index contributed by atoms with van der Waals surface area (Å²) >= 11 is 8.37. The van der Waals surface area contributed by atoms with Crippen molar-refractivity contribution < 1.29 is 19.2 Å². The van der Waals surface area contributed by atoms with E-state index in [4.69, 9.17) is 14.5 Å². The molecule has 0 saturated carbocycles. The number of ether oxygens (including phenoxy) is 2. The second-order valence-corrected chi connectivity index (χ2v) is 14.6. The standard InChI is InChI=1S/C38H31Br2N3O6S/c1-4-48-37(45)32-33(25-8-6-5-7-9-25)41-38-42(34(32)26-14-12-24(13-15-26)22(2)3)36(44)31(50-38)19-27-18-28(39)20-30(40)35(27)49-21-23-10-16-29(17-11-23)43(46)47/h5-20,22,34H,4,21H2,1-3H3/b31-19-/t34-/m1/s1. The van der Waals surface area contributed by atoms with E-state index in [1.165, 1.54) is 23.5 Å². The number of rotatable bonds is 10. The summed E-state index contributed by atoms with van der Waals surface area (Å²) in [6.45, 7) is 6.27. The van der Waals surface area contributed by atoms with Crippen LogP contribution in [0.25, 0.3) is 11.8 Å². The van der Waals surface area contributed by atoms with Gasteiger partial charge >= 0.3 is 5.97 Å². The molecule has 0 radical (unpaired) electrons. The summed E-state index contributed by atoms with van der Waals surface area (Å²) in [4.78, 5) is 44.3. The van der Waals surface area contributed by atoms with E-state index in [1.807, 2.05) is 66.7 Å². The number of nitro benzene ring substituents is 1. The molecule has 50 heavy (non-hydrogen) atoms. The van der Waals surface area contributed by atoms with Crippen LogP contribution in [0, 0.1) is 10.1 Å². The second-order valence-electron chi connectivity index (χ2n) is 11.8. The van der Waals surface area contributed by atoms with Gasteiger partial charge in [-0.25, -0.2) is 9.79 Å². The number of hydrogen-bond acceptors (Lipinski definition) is 8. The number of halogens is 2. The van der Waals surface area contributed by atoms with E-state index in [-0.39, 0.29) is 30.0 Å². The van der Waals surface area contributed by atoms with Gasteiger partial charge in [-0.1, -0.05) is 95.7 Å². The molecule has 0 bridgehead atoms. The van der Waals surface area contributed by atoms with Gasteiger partial charge < -0.3 is 9.47 Å². The first kappa shape index (κ1) is 35.2. The van der Waals surface area contributed by atoms with Gasteiger partial charge in [0.05, 0.1) is 37.8 Å². The van der Waals surface area contributed by atoms with Crippen LogP contribution in [0.15, 0.2) is 115 Å². The van der Waals surface area contributed by atoms with E-state index < -0.39 is 16.9 Å². The molecule has 254 valence electrons. The van der Waals surface area contributed by atoms with Crippen molar-refractivity contribution in [2.75, 3.05) is 6.61 Å². The molecule has 2 heterocycles. The Bertz CT molecular complexity index is 2300. The summed E-state index contributed by atoms with van der Waals surface area (Å²) in [5.74, 6) is 0.239. The van der Waals surface area contributed by atoms with Gasteiger partial charge in [-0.05, 0) is 75.8 Å². The van der Waals surface area contributed by atoms with E-state index in [1.54, 1.807) is 29.7 Å². The van der Waals surface area contributed by atoms with Crippen molar-refractivity contribution in [2.45, 2.75) is 39.3 Å². The average molecular weight is 818 g/mol. The first-order valence-electron chi connectivity index (χ1n) is 15.8. The van der Waals surface area contributed by atoms with E-state index in [9.17, 15) is 19.7 Å². The smallest absolute Gasteiger partial charge is 0.338 e. The van der Waals surface area contributed by atoms with Crippen molar-refractivity contribution in [3.05, 3.63) is 163 Å². The number of carbonyl (C=O) groups is 1. The number of nitro groups is 1. The highest BCUT2D eigenvalue weighted by atomic mass is 79.9. The second kappa shape index (κ2) is 15.1. The molecule has 0 unspecified atom stereocenters. The SMILES string of the molecule is CCOC(=O)C1=C(c2ccccc2)N=c2s/c(=C\c3cc(Br)cc(Br)c3OCc3ccc([N+](=O)[O-])cc3)c(=O)n2[C@@H]1c1ccc(C(C)C)cc1. The fourth-order valence-electron chi connectivity index (χ4n) is 5.67. The maximum Gasteiger partial charge on any atom is 0.338 e. The Kier molecular flexibility index (Phi) is 10.6. The highest BCUT2D eigenvalue weighted by Crippen LogP contribution is 2.37. The van der Waals surface area contributed by atoms with Crippen LogP contribution in [0.5, 0.6) is 5.75 Å². The Hall–Kier alpha value is -4.65. The highest BCUT2D eigenvalue weighted by Gasteiger charge is 2.35. The Morgan fingerprint density at radius 2 is 1.74 bits per heavy atom. The minimum atomic E-state index is -0.795. The van der Waals surface area contributed by atoms with Crippen LogP contribution in [-0.2, 0) is 16.1 Å². The van der Waals surface area contributed by atoms with Gasteiger partial charge in [-0.3, -0.25) is 19.5 Å². The van der Waals surface area contributed by atoms with Gasteiger partial charge in [-0.15, -0.1) is 0 Å². The van der Waals surface area contributed by atoms with Gasteiger partial charge in [0.2, 0.25) is 0 Å². The van der Waals surface area contributed by atoms with Crippen molar-refractivity contribution in [3.63, 3.8) is 0 Å². The summed E-state index contributed by atoms with van der Waals surface area (Å²) in [6.07, 6.45) is 1.75. The number of thiazole rings is 1. The van der Waals surface area contributed by atoms with Crippen molar-refractivity contribution >= 4 is 66.6 Å². The van der Waals surface area contributed by atoms with Crippen molar-refractivity contribution in [3.8, 4) is 5.75 Å². The molecule has 1 aliphatic heterocycles. The molecule has 5 aromatic rings. The molecule has 0 N–H and O–H groups in total. The molecule has 4 aromatic carbocycles. The largest absolute Gasteiger partial charge is 0.487 e. The quantitative estimate of drug-likeness (QED) is 0.0801. The van der Waals surface area contributed by atoms with Crippen LogP contribution in [0.4, 0.5) is 5.69 Å². The molecular weight excluding hydrogens is 786 g/mol. The topological polar surface area (TPSA) is 113 Å². The number of fused-ring (bicyclic) bond motifs is 1. The Morgan fingerprint density at radius 1 is 1.04 bits per heavy atom. The Balaban J connectivity index is 1.52. The highest BCUT2D eigenvalue weighted by molar-refractivity contribution is 9.11. The predicted octanol–water partition coefficient (Wildman–Crippen LogP) is 8.07. The average Bonchev–Trinajstić information content (AvgIpc) is 3.41. The molecule has 0 fully saturated rings. The molecular formula is C38H31Br2N3O6S. The first-order chi connectivity index (χ1) is 24.0. The summed E-state index contributed by atoms with van der Waals surface area (Å²) < 4.78 is 15.2. The Labute approximate surface area is 308 Å². The van der Waals surface area contributed by atoms with Crippen molar-refractivity contribution in [1.82, 2.24) is 4.57 Å². The summed E-state index contributed by atoms with van der Waals surface area (Å²) in [5, 5.41) is 11.1. The first-order valence-corrected chi connectivity index (χ1v) is 18.2. The summed E-state index contributed by atoms with van der Waals surface area (Å²) in [5.41, 5.74) is 4.37. The molecule has 12 heteroatoms. The van der Waals surface area contributed by atoms with E-state index in [0.29, 0.717) is 36.7 Å². The van der Waals surface area contributed by atoms with Crippen LogP contribution in [-0.4, -0.2) is 22.1 Å². The molecule has 1 aromatic heterocycles. The maximum atomic E-state index is 14.5. The van der Waals surface area contributed by atoms with Gasteiger partial charge in [0.25, 0.3) is 11.2 Å². The fraction of sp³-hybridized carbons (Fsp3) is 0.184. The van der Waals surface area contributed by atoms with Gasteiger partial charge in [0, 0.05) is 27.7 Å². The van der Waals surface area contributed by atoms with E-state index >= 15 is 0 Å². The third-order valence-electron chi connectivity index (χ3n) is 8.15. The number of hydrogen-bond donors (Lipinski definition) is 0. The Morgan fingerprint density at radius 3 is 2.38 bits per heavy atom. The molecule has 1 aliphatic rings. The number of carbonyl (C=O) groups excluding carboxylic acids is 1. The zero-order valence-electron chi connectivity index (χ0n) is 27.3. The maximum absolute atomic E-state index is 14.5. The number of aromatic nitrogens is 1. The molecule has 1 atom stereocenters. The van der Waals surface area contributed by atoms with Gasteiger partial charge in [0.15, 0.2) is 4.80 Å². The summed E-state index contributed by atoms with van der Waals surface area (Å²) in [7, 11) is 0. The van der Waals surface area contributed by atoms with Crippen molar-refractivity contribution in [1.29, 1.82) is 0 Å². The molecule has 0 aliphatic carbocycles. The molecule has 9 nitrogen and oxygen atoms in total. The third-order valence-corrected chi connectivity index (χ3v) is 10.2. The summed E-state index contributed by atoms with van der Waals surface area (Å²) in [6, 6.07) is 26.4. The zero-order valence-corrected chi connectivity index (χ0v) is 31.3. The number of non-ortho nitro benzene ring substituents is 1.